The van der Waals surface area contributed by atoms with Gasteiger partial charge in [0.1, 0.15) is 24.0 Å². The molecule has 2 aliphatic rings. The summed E-state index contributed by atoms with van der Waals surface area (Å²) >= 11 is 2.42. The first kappa shape index (κ1) is 24.8. The Hall–Kier alpha value is -3.91. The van der Waals surface area contributed by atoms with Crippen LogP contribution in [0.3, 0.4) is 0 Å². The third-order valence-electron chi connectivity index (χ3n) is 6.24. The minimum atomic E-state index is -1.43. The van der Waals surface area contributed by atoms with E-state index in [1.165, 1.54) is 30.0 Å². The lowest BCUT2D eigenvalue weighted by molar-refractivity contribution is -0.764. The predicted molar refractivity (Wildman–Crippen MR) is 135 cm³/mol. The van der Waals surface area contributed by atoms with Crippen molar-refractivity contribution in [2.24, 2.45) is 12.2 Å². The highest BCUT2D eigenvalue weighted by molar-refractivity contribution is 8.00. The number of carboxylic acid groups (broad SMARTS) is 1. The van der Waals surface area contributed by atoms with Crippen molar-refractivity contribution in [1.29, 1.82) is 0 Å². The number of hydrogen-bond donors (Lipinski definition) is 2. The summed E-state index contributed by atoms with van der Waals surface area (Å²) in [6, 6.07) is 5.14. The quantitative estimate of drug-likeness (QED) is 0.171. The Bertz CT molecular complexity index is 1510. The van der Waals surface area contributed by atoms with E-state index in [9.17, 15) is 19.5 Å². The molecule has 0 bridgehead atoms. The molecule has 2 atom stereocenters. The second-order valence-corrected chi connectivity index (χ2v) is 10.8. The number of fused-ring (bicyclic) bond motifs is 2. The third kappa shape index (κ3) is 4.31. The molecular formula is C23H23N7O5S2. The third-order valence-corrected chi connectivity index (χ3v) is 8.42. The molecule has 0 unspecified atom stereocenters. The number of carbonyl (C=O) groups excluding carboxylic acids is 3. The van der Waals surface area contributed by atoms with Crippen LogP contribution in [-0.4, -0.2) is 62.3 Å². The molecule has 0 spiro atoms. The largest absolute Gasteiger partial charge is 0.543 e. The number of benzene rings is 1. The van der Waals surface area contributed by atoms with Crippen molar-refractivity contribution >= 4 is 62.6 Å². The highest BCUT2D eigenvalue weighted by Gasteiger charge is 2.53. The van der Waals surface area contributed by atoms with E-state index in [4.69, 9.17) is 10.6 Å². The number of hydrogen-bond acceptors (Lipinski definition) is 10. The number of rotatable bonds is 7. The molecule has 4 heterocycles. The van der Waals surface area contributed by atoms with Crippen LogP contribution in [0.25, 0.3) is 10.9 Å². The van der Waals surface area contributed by atoms with Gasteiger partial charge in [0.15, 0.2) is 17.4 Å². The standard InChI is InChI=1S/C23H23N7O5S2/c1-11-4-5-12-8-29(28(2)14(12)6-11)9-13-10-36-21-17(20(32)30(21)18(13)22(33)34)26-19(31)16(27-35-3)15-7-25-23(24)37-15/h4-8,17,21H,9-10H2,1-3H3,(H3-,24,25,26,27,31,33,34)/t17-,21-/m1/s1. The SMILES string of the molecule is CO/N=C(\C(=O)N[C@@H]1C(=O)N2C(C(=O)[O-])=C(C[n+]3cc4ccc(C)cc4n3C)CS[C@H]12)c1cnc(N)s1. The molecule has 3 N–H and O–H groups in total. The van der Waals surface area contributed by atoms with Gasteiger partial charge in [0.2, 0.25) is 6.20 Å². The van der Waals surface area contributed by atoms with E-state index in [0.717, 1.165) is 27.8 Å². The van der Waals surface area contributed by atoms with Gasteiger partial charge in [-0.1, -0.05) is 22.6 Å². The van der Waals surface area contributed by atoms with Gasteiger partial charge in [-0.3, -0.25) is 14.5 Å². The van der Waals surface area contributed by atoms with Gasteiger partial charge in [0.25, 0.3) is 11.8 Å². The van der Waals surface area contributed by atoms with Crippen LogP contribution in [0.1, 0.15) is 10.4 Å². The first-order valence-electron chi connectivity index (χ1n) is 11.2. The van der Waals surface area contributed by atoms with Crippen LogP contribution in [-0.2, 0) is 32.8 Å². The zero-order chi connectivity index (χ0) is 26.4. The number of β-lactam (4-membered cyclic amide) rings is 1. The number of thiazole rings is 1. The number of aliphatic carboxylic acids is 1. The molecule has 5 rings (SSSR count). The van der Waals surface area contributed by atoms with Crippen molar-refractivity contribution in [2.45, 2.75) is 24.9 Å². The zero-order valence-electron chi connectivity index (χ0n) is 20.1. The van der Waals surface area contributed by atoms with Crippen LogP contribution < -0.4 is 20.8 Å². The number of oxime groups is 1. The number of aryl methyl sites for hydroxylation is 2. The van der Waals surface area contributed by atoms with Gasteiger partial charge < -0.3 is 25.8 Å². The molecule has 192 valence electrons. The molecule has 2 aliphatic heterocycles. The molecule has 14 heteroatoms. The predicted octanol–water partition coefficient (Wildman–Crippen LogP) is -0.732. The highest BCUT2D eigenvalue weighted by atomic mass is 32.2. The fourth-order valence-electron chi connectivity index (χ4n) is 4.47. The molecule has 37 heavy (non-hydrogen) atoms. The summed E-state index contributed by atoms with van der Waals surface area (Å²) in [5.74, 6) is -2.28. The average molecular weight is 542 g/mol. The number of amides is 2. The lowest BCUT2D eigenvalue weighted by Gasteiger charge is -2.50. The molecule has 0 saturated carbocycles. The number of thioether (sulfide) groups is 1. The van der Waals surface area contributed by atoms with Crippen LogP contribution >= 0.6 is 23.1 Å². The van der Waals surface area contributed by atoms with E-state index in [1.807, 2.05) is 41.7 Å². The topological polar surface area (TPSA) is 159 Å². The molecule has 12 nitrogen and oxygen atoms in total. The Labute approximate surface area is 219 Å². The van der Waals surface area contributed by atoms with Crippen LogP contribution in [0.4, 0.5) is 5.13 Å². The lowest BCUT2D eigenvalue weighted by Crippen LogP contribution is -2.71. The fraction of sp³-hybridized carbons (Fsp3) is 0.304. The summed E-state index contributed by atoms with van der Waals surface area (Å²) < 4.78 is 3.85. The van der Waals surface area contributed by atoms with E-state index in [1.54, 1.807) is 0 Å². The van der Waals surface area contributed by atoms with Crippen molar-refractivity contribution in [1.82, 2.24) is 19.9 Å². The molecule has 2 amide bonds. The first-order chi connectivity index (χ1) is 17.7. The van der Waals surface area contributed by atoms with E-state index in [2.05, 4.69) is 21.5 Å². The van der Waals surface area contributed by atoms with Gasteiger partial charge in [-0.2, -0.15) is 4.68 Å². The Morgan fingerprint density at radius 2 is 2.19 bits per heavy atom. The molecule has 1 saturated heterocycles. The Morgan fingerprint density at radius 3 is 2.86 bits per heavy atom. The van der Waals surface area contributed by atoms with Crippen LogP contribution in [0.2, 0.25) is 0 Å². The van der Waals surface area contributed by atoms with Gasteiger partial charge in [-0.25, -0.2) is 4.98 Å². The Morgan fingerprint density at radius 1 is 1.41 bits per heavy atom. The van der Waals surface area contributed by atoms with Crippen LogP contribution in [0, 0.1) is 6.92 Å². The first-order valence-corrected chi connectivity index (χ1v) is 13.0. The zero-order valence-corrected chi connectivity index (χ0v) is 21.8. The van der Waals surface area contributed by atoms with E-state index in [-0.39, 0.29) is 23.1 Å². The van der Waals surface area contributed by atoms with E-state index >= 15 is 0 Å². The smallest absolute Gasteiger partial charge is 0.275 e. The minimum Gasteiger partial charge on any atom is -0.543 e. The summed E-state index contributed by atoms with van der Waals surface area (Å²) in [5.41, 5.74) is 8.09. The minimum absolute atomic E-state index is 0.0810. The number of carbonyl (C=O) groups is 3. The van der Waals surface area contributed by atoms with Crippen LogP contribution in [0.15, 0.2) is 47.0 Å². The maximum absolute atomic E-state index is 13.1. The Balaban J connectivity index is 1.38. The van der Waals surface area contributed by atoms with E-state index in [0.29, 0.717) is 16.2 Å². The summed E-state index contributed by atoms with van der Waals surface area (Å²) in [7, 11) is 3.19. The number of anilines is 1. The molecular weight excluding hydrogens is 518 g/mol. The molecule has 3 aromatic rings. The van der Waals surface area contributed by atoms with Gasteiger partial charge >= 0.3 is 0 Å². The lowest BCUT2D eigenvalue weighted by atomic mass is 10.0. The van der Waals surface area contributed by atoms with Crippen molar-refractivity contribution in [2.75, 3.05) is 18.6 Å². The van der Waals surface area contributed by atoms with Gasteiger partial charge in [0, 0.05) is 17.5 Å². The second-order valence-electron chi connectivity index (χ2n) is 8.60. The molecule has 1 aromatic carbocycles. The van der Waals surface area contributed by atoms with Crippen molar-refractivity contribution in [3.05, 3.63) is 52.3 Å². The molecule has 2 aromatic heterocycles. The van der Waals surface area contributed by atoms with Gasteiger partial charge in [-0.15, -0.1) is 16.4 Å². The molecule has 1 fully saturated rings. The number of carboxylic acids is 1. The molecule has 0 radical (unpaired) electrons. The summed E-state index contributed by atoms with van der Waals surface area (Å²) in [6.07, 6.45) is 3.33. The second kappa shape index (κ2) is 9.52. The van der Waals surface area contributed by atoms with Crippen LogP contribution in [0.5, 0.6) is 0 Å². The van der Waals surface area contributed by atoms with Crippen molar-refractivity contribution < 1.29 is 29.0 Å². The highest BCUT2D eigenvalue weighted by Crippen LogP contribution is 2.40. The monoisotopic (exact) mass is 541 g/mol. The van der Waals surface area contributed by atoms with E-state index < -0.39 is 29.2 Å². The number of nitrogens with one attached hydrogen (secondary N) is 1. The maximum atomic E-state index is 13.1. The average Bonchev–Trinajstić information content (AvgIpc) is 3.43. The number of nitrogens with two attached hydrogens (primary N) is 1. The number of nitrogens with zero attached hydrogens (tertiary/aromatic N) is 5. The number of nitrogen functional groups attached to an aromatic ring is 1. The normalized spacial score (nSPS) is 19.6. The van der Waals surface area contributed by atoms with Gasteiger partial charge in [-0.05, 0) is 24.6 Å². The summed E-state index contributed by atoms with van der Waals surface area (Å²) in [6.45, 7) is 2.28. The van der Waals surface area contributed by atoms with Crippen molar-refractivity contribution in [3.63, 3.8) is 0 Å². The van der Waals surface area contributed by atoms with Crippen molar-refractivity contribution in [3.8, 4) is 0 Å². The Kier molecular flexibility index (Phi) is 6.37. The molecule has 0 aliphatic carbocycles. The number of aromatic nitrogens is 3. The summed E-state index contributed by atoms with van der Waals surface area (Å²) in [4.78, 5) is 48.4. The fourth-order valence-corrected chi connectivity index (χ4v) is 6.46. The van der Waals surface area contributed by atoms with Gasteiger partial charge in [0.05, 0.1) is 29.0 Å². The summed E-state index contributed by atoms with van der Waals surface area (Å²) in [5, 5.41) is 19.2. The maximum Gasteiger partial charge on any atom is 0.275 e.